The van der Waals surface area contributed by atoms with Crippen LogP contribution in [0.1, 0.15) is 113 Å². The van der Waals surface area contributed by atoms with Gasteiger partial charge in [0.25, 0.3) is 5.91 Å². The zero-order valence-electron chi connectivity index (χ0n) is 42.8. The van der Waals surface area contributed by atoms with Crippen molar-refractivity contribution in [3.63, 3.8) is 0 Å². The third kappa shape index (κ3) is 14.4. The average Bonchev–Trinajstić information content (AvgIpc) is 4.14. The Morgan fingerprint density at radius 3 is 2.19 bits per heavy atom. The molecule has 3 atom stereocenters. The fraction of sp³-hybridized carbons (Fsp3) is 0.491. The molecule has 4 amide bonds. The van der Waals surface area contributed by atoms with Crippen molar-refractivity contribution >= 4 is 56.9 Å². The fourth-order valence-corrected chi connectivity index (χ4v) is 10.2. The van der Waals surface area contributed by atoms with Gasteiger partial charge in [0.2, 0.25) is 17.7 Å². The number of nitrogens with one attached hydrogen (secondary N) is 3. The summed E-state index contributed by atoms with van der Waals surface area (Å²) in [6.07, 6.45) is 5.06. The number of rotatable bonds is 24. The van der Waals surface area contributed by atoms with E-state index in [0.717, 1.165) is 95.1 Å². The predicted octanol–water partition coefficient (Wildman–Crippen LogP) is 9.94. The van der Waals surface area contributed by atoms with Gasteiger partial charge in [-0.2, -0.15) is 18.3 Å². The Balaban J connectivity index is 0.723. The SMILES string of the molecule is Cc1ncsc1-c1ccc(CNC(=O)[C@@H]2C[C@H](C)CN2C(=O)[C@@H](NC(=O)CCCCCCCCCOCCOCCNC(=O)c2ccc3c(c2)c2cn(C)nc2n3-c2ccc(C(F)(F)F)cc2)C(C)(C)C)cc1. The van der Waals surface area contributed by atoms with E-state index in [1.54, 1.807) is 50.7 Å². The molecule has 1 fully saturated rings. The van der Waals surface area contributed by atoms with Crippen LogP contribution < -0.4 is 16.0 Å². The average molecular weight is 1030 g/mol. The molecule has 0 saturated carbocycles. The van der Waals surface area contributed by atoms with Crippen LogP contribution in [0, 0.1) is 18.3 Å². The van der Waals surface area contributed by atoms with Crippen molar-refractivity contribution in [2.75, 3.05) is 39.5 Å². The molecule has 73 heavy (non-hydrogen) atoms. The van der Waals surface area contributed by atoms with Crippen LogP contribution in [0.25, 0.3) is 38.1 Å². The van der Waals surface area contributed by atoms with Gasteiger partial charge < -0.3 is 30.3 Å². The molecule has 1 aliphatic rings. The lowest BCUT2D eigenvalue weighted by Crippen LogP contribution is -2.57. The van der Waals surface area contributed by atoms with Crippen LogP contribution >= 0.6 is 11.3 Å². The molecule has 1 aliphatic heterocycles. The third-order valence-corrected chi connectivity index (χ3v) is 14.3. The molecule has 0 spiro atoms. The van der Waals surface area contributed by atoms with Crippen LogP contribution in [0.4, 0.5) is 13.2 Å². The van der Waals surface area contributed by atoms with Crippen LogP contribution in [-0.4, -0.2) is 99.5 Å². The van der Waals surface area contributed by atoms with E-state index in [2.05, 4.69) is 26.0 Å². The summed E-state index contributed by atoms with van der Waals surface area (Å²) < 4.78 is 54.5. The number of aromatic nitrogens is 4. The zero-order chi connectivity index (χ0) is 52.3. The lowest BCUT2D eigenvalue weighted by Gasteiger charge is -2.35. The van der Waals surface area contributed by atoms with Gasteiger partial charge in [0.15, 0.2) is 5.65 Å². The summed E-state index contributed by atoms with van der Waals surface area (Å²) in [4.78, 5) is 61.0. The number of aryl methyl sites for hydroxylation is 2. The molecule has 0 unspecified atom stereocenters. The maximum atomic E-state index is 14.1. The summed E-state index contributed by atoms with van der Waals surface area (Å²) in [5, 5.41) is 15.0. The number of thiazole rings is 1. The Bertz CT molecular complexity index is 2820. The van der Waals surface area contributed by atoms with Gasteiger partial charge in [-0.25, -0.2) is 4.98 Å². The van der Waals surface area contributed by atoms with Crippen molar-refractivity contribution in [3.05, 3.63) is 101 Å². The second kappa shape index (κ2) is 24.7. The molecule has 7 rings (SSSR count). The maximum Gasteiger partial charge on any atom is 0.416 e. The van der Waals surface area contributed by atoms with Gasteiger partial charge in [-0.1, -0.05) is 84.1 Å². The molecule has 1 saturated heterocycles. The number of likely N-dealkylation sites (tertiary alicyclic amines) is 1. The summed E-state index contributed by atoms with van der Waals surface area (Å²) in [6.45, 7) is 12.8. The summed E-state index contributed by atoms with van der Waals surface area (Å²) >= 11 is 1.60. The van der Waals surface area contributed by atoms with E-state index < -0.39 is 29.2 Å². The number of ether oxygens (including phenoxy) is 2. The van der Waals surface area contributed by atoms with E-state index in [9.17, 15) is 32.3 Å². The zero-order valence-corrected chi connectivity index (χ0v) is 43.6. The molecule has 18 heteroatoms. The van der Waals surface area contributed by atoms with E-state index >= 15 is 0 Å². The minimum Gasteiger partial charge on any atom is -0.379 e. The number of halogens is 3. The number of amides is 4. The van der Waals surface area contributed by atoms with Gasteiger partial charge >= 0.3 is 6.18 Å². The molecular weight excluding hydrogens is 958 g/mol. The molecule has 3 aromatic heterocycles. The molecule has 3 aromatic carbocycles. The highest BCUT2D eigenvalue weighted by atomic mass is 32.1. The Morgan fingerprint density at radius 2 is 1.52 bits per heavy atom. The van der Waals surface area contributed by atoms with Crippen molar-refractivity contribution in [3.8, 4) is 16.1 Å². The van der Waals surface area contributed by atoms with Gasteiger partial charge in [-0.05, 0) is 91.1 Å². The van der Waals surface area contributed by atoms with Crippen molar-refractivity contribution in [1.82, 2.24) is 40.2 Å². The molecule has 0 aliphatic carbocycles. The summed E-state index contributed by atoms with van der Waals surface area (Å²) in [5.41, 5.74) is 5.86. The topological polar surface area (TPSA) is 162 Å². The number of nitrogens with zero attached hydrogens (tertiary/aromatic N) is 5. The highest BCUT2D eigenvalue weighted by Gasteiger charge is 2.43. The molecule has 3 N–H and O–H groups in total. The van der Waals surface area contributed by atoms with Gasteiger partial charge in [0, 0.05) is 67.9 Å². The van der Waals surface area contributed by atoms with Crippen molar-refractivity contribution < 1.29 is 41.8 Å². The van der Waals surface area contributed by atoms with E-state index in [1.807, 2.05) is 70.6 Å². The van der Waals surface area contributed by atoms with Crippen molar-refractivity contribution in [1.29, 1.82) is 0 Å². The Hall–Kier alpha value is -6.11. The smallest absolute Gasteiger partial charge is 0.379 e. The molecule has 14 nitrogen and oxygen atoms in total. The number of hydrogen-bond acceptors (Lipinski definition) is 9. The van der Waals surface area contributed by atoms with Gasteiger partial charge in [0.05, 0.1) is 47.0 Å². The van der Waals surface area contributed by atoms with Crippen LogP contribution in [0.5, 0.6) is 0 Å². The quantitative estimate of drug-likeness (QED) is 0.0505. The van der Waals surface area contributed by atoms with Crippen molar-refractivity contribution in [2.45, 2.75) is 117 Å². The standard InChI is InChI=1S/C55H69F3N8O6S/c1-36-30-46(52(69)60-32-38-15-17-39(18-16-38)48-37(2)61-35-73-48)65(33-36)53(70)49(54(3,4)5)62-47(67)14-12-10-8-7-9-11-13-26-71-28-29-72-27-25-59-51(68)40-19-24-45-43(31-40)44-34-64(6)63-50(44)66(45)42-22-20-41(21-23-42)55(56,57)58/h15-24,31,34-36,46,49H,7-14,25-30,32-33H2,1-6H3,(H,59,68)(H,60,69)(H,62,67)/t36-,46-,49+/m0/s1. The maximum absolute atomic E-state index is 14.1. The number of hydrogen-bond donors (Lipinski definition) is 3. The minimum absolute atomic E-state index is 0.151. The normalized spacial score (nSPS) is 15.5. The highest BCUT2D eigenvalue weighted by Crippen LogP contribution is 2.35. The molecule has 0 radical (unpaired) electrons. The first-order valence-electron chi connectivity index (χ1n) is 25.3. The molecule has 6 aromatic rings. The van der Waals surface area contributed by atoms with E-state index in [-0.39, 0.29) is 29.5 Å². The van der Waals surface area contributed by atoms with Crippen LogP contribution in [0.2, 0.25) is 0 Å². The Morgan fingerprint density at radius 1 is 0.836 bits per heavy atom. The number of benzene rings is 3. The number of fused-ring (bicyclic) bond motifs is 3. The third-order valence-electron chi connectivity index (χ3n) is 13.3. The fourth-order valence-electron chi connectivity index (χ4n) is 9.37. The number of alkyl halides is 3. The number of unbranched alkanes of at least 4 members (excludes halogenated alkanes) is 6. The van der Waals surface area contributed by atoms with Gasteiger partial charge in [-0.3, -0.25) is 28.4 Å². The lowest BCUT2D eigenvalue weighted by atomic mass is 9.85. The van der Waals surface area contributed by atoms with Crippen LogP contribution in [0.3, 0.4) is 0 Å². The molecule has 392 valence electrons. The number of carbonyl (C=O) groups excluding carboxylic acids is 4. The van der Waals surface area contributed by atoms with Crippen LogP contribution in [-0.2, 0) is 43.6 Å². The summed E-state index contributed by atoms with van der Waals surface area (Å²) in [7, 11) is 1.77. The van der Waals surface area contributed by atoms with E-state index in [0.29, 0.717) is 75.8 Å². The highest BCUT2D eigenvalue weighted by molar-refractivity contribution is 7.13. The largest absolute Gasteiger partial charge is 0.416 e. The molecule has 4 heterocycles. The predicted molar refractivity (Wildman–Crippen MR) is 278 cm³/mol. The van der Waals surface area contributed by atoms with E-state index in [1.165, 1.54) is 12.1 Å². The first-order chi connectivity index (χ1) is 34.9. The second-order valence-electron chi connectivity index (χ2n) is 20.3. The summed E-state index contributed by atoms with van der Waals surface area (Å²) in [5.74, 6) is -0.668. The molecular formula is C55H69F3N8O6S. The Kier molecular flexibility index (Phi) is 18.5. The van der Waals surface area contributed by atoms with Gasteiger partial charge in [-0.15, -0.1) is 11.3 Å². The van der Waals surface area contributed by atoms with Gasteiger partial charge in [0.1, 0.15) is 12.1 Å². The lowest BCUT2D eigenvalue weighted by molar-refractivity contribution is -0.144. The van der Waals surface area contributed by atoms with E-state index in [4.69, 9.17) is 9.47 Å². The first-order valence-corrected chi connectivity index (χ1v) is 26.2. The van der Waals surface area contributed by atoms with Crippen LogP contribution in [0.15, 0.2) is 78.4 Å². The first kappa shape index (κ1) is 54.7. The Labute approximate surface area is 429 Å². The summed E-state index contributed by atoms with van der Waals surface area (Å²) in [6, 6.07) is 16.9. The molecule has 0 bridgehead atoms. The minimum atomic E-state index is -4.44. The number of carbonyl (C=O) groups is 4. The van der Waals surface area contributed by atoms with Crippen molar-refractivity contribution in [2.24, 2.45) is 18.4 Å². The second-order valence-corrected chi connectivity index (χ2v) is 21.1. The monoisotopic (exact) mass is 1030 g/mol.